The van der Waals surface area contributed by atoms with Gasteiger partial charge in [0.05, 0.1) is 6.10 Å². The molecular weight excluding hydrogens is 292 g/mol. The summed E-state index contributed by atoms with van der Waals surface area (Å²) < 4.78 is 0. The molecule has 5 nitrogen and oxygen atoms in total. The highest BCUT2D eigenvalue weighted by Gasteiger charge is 2.29. The van der Waals surface area contributed by atoms with Crippen molar-refractivity contribution >= 4 is 17.5 Å². The van der Waals surface area contributed by atoms with Gasteiger partial charge in [-0.1, -0.05) is 13.0 Å². The average molecular weight is 318 g/mol. The van der Waals surface area contributed by atoms with Crippen LogP contribution in [0.5, 0.6) is 0 Å². The highest BCUT2D eigenvalue weighted by Crippen LogP contribution is 2.20. The molecule has 1 aromatic carbocycles. The molecule has 2 N–H and O–H groups in total. The fraction of sp³-hybridized carbons (Fsp3) is 0.556. The zero-order valence-electron chi connectivity index (χ0n) is 14.1. The number of aliphatic hydroxyl groups is 1. The second-order valence-corrected chi connectivity index (χ2v) is 6.34. The third-order valence-electron chi connectivity index (χ3n) is 4.61. The van der Waals surface area contributed by atoms with E-state index < -0.39 is 17.9 Å². The SMILES string of the molecule is CCc1cc(NC(=O)C(=O)N2CCCC(C(C)O)C2)ccc1C. The number of hydrogen-bond donors (Lipinski definition) is 2. The van der Waals surface area contributed by atoms with Crippen LogP contribution in [-0.4, -0.2) is 41.0 Å². The number of likely N-dealkylation sites (tertiary alicyclic amines) is 1. The summed E-state index contributed by atoms with van der Waals surface area (Å²) in [6, 6.07) is 5.67. The molecule has 0 spiro atoms. The summed E-state index contributed by atoms with van der Waals surface area (Å²) in [6.07, 6.45) is 2.13. The van der Waals surface area contributed by atoms with Crippen molar-refractivity contribution in [2.24, 2.45) is 5.92 Å². The van der Waals surface area contributed by atoms with Crippen molar-refractivity contribution in [3.8, 4) is 0 Å². The molecule has 126 valence electrons. The molecule has 2 unspecified atom stereocenters. The summed E-state index contributed by atoms with van der Waals surface area (Å²) in [6.45, 7) is 6.83. The maximum Gasteiger partial charge on any atom is 0.313 e. The van der Waals surface area contributed by atoms with E-state index in [1.54, 1.807) is 11.8 Å². The van der Waals surface area contributed by atoms with Crippen molar-refractivity contribution in [2.45, 2.75) is 46.1 Å². The highest BCUT2D eigenvalue weighted by atomic mass is 16.3. The third-order valence-corrected chi connectivity index (χ3v) is 4.61. The van der Waals surface area contributed by atoms with Crippen LogP contribution in [0.4, 0.5) is 5.69 Å². The number of benzene rings is 1. The van der Waals surface area contributed by atoms with E-state index in [0.29, 0.717) is 18.8 Å². The van der Waals surface area contributed by atoms with Crippen molar-refractivity contribution in [2.75, 3.05) is 18.4 Å². The molecule has 0 aromatic heterocycles. The van der Waals surface area contributed by atoms with Crippen molar-refractivity contribution in [1.82, 2.24) is 4.90 Å². The number of carbonyl (C=O) groups excluding carboxylic acids is 2. The first-order valence-corrected chi connectivity index (χ1v) is 8.30. The Morgan fingerprint density at radius 1 is 1.43 bits per heavy atom. The fourth-order valence-electron chi connectivity index (χ4n) is 3.05. The molecule has 0 aliphatic carbocycles. The molecule has 2 atom stereocenters. The Morgan fingerprint density at radius 2 is 2.17 bits per heavy atom. The van der Waals surface area contributed by atoms with E-state index in [1.807, 2.05) is 25.1 Å². The molecule has 0 radical (unpaired) electrons. The Morgan fingerprint density at radius 3 is 2.83 bits per heavy atom. The van der Waals surface area contributed by atoms with Gasteiger partial charge in [-0.3, -0.25) is 9.59 Å². The van der Waals surface area contributed by atoms with Crippen molar-refractivity contribution in [1.29, 1.82) is 0 Å². The zero-order valence-corrected chi connectivity index (χ0v) is 14.1. The van der Waals surface area contributed by atoms with Gasteiger partial charge in [0.2, 0.25) is 0 Å². The maximum absolute atomic E-state index is 12.3. The molecule has 1 fully saturated rings. The van der Waals surface area contributed by atoms with E-state index in [2.05, 4.69) is 12.2 Å². The first-order valence-electron chi connectivity index (χ1n) is 8.30. The summed E-state index contributed by atoms with van der Waals surface area (Å²) in [4.78, 5) is 26.1. The number of nitrogens with zero attached hydrogens (tertiary/aromatic N) is 1. The van der Waals surface area contributed by atoms with Crippen LogP contribution in [0.1, 0.15) is 37.8 Å². The number of hydrogen-bond acceptors (Lipinski definition) is 3. The first-order chi connectivity index (χ1) is 10.9. The number of rotatable bonds is 3. The van der Waals surface area contributed by atoms with Gasteiger partial charge in [0.15, 0.2) is 0 Å². The molecule has 0 saturated carbocycles. The Labute approximate surface area is 137 Å². The van der Waals surface area contributed by atoms with Crippen LogP contribution < -0.4 is 5.32 Å². The lowest BCUT2D eigenvalue weighted by molar-refractivity contribution is -0.144. The van der Waals surface area contributed by atoms with Gasteiger partial charge in [-0.05, 0) is 56.4 Å². The predicted octanol–water partition coefficient (Wildman–Crippen LogP) is 2.12. The van der Waals surface area contributed by atoms with Crippen molar-refractivity contribution in [3.05, 3.63) is 29.3 Å². The molecule has 23 heavy (non-hydrogen) atoms. The number of carbonyl (C=O) groups is 2. The van der Waals surface area contributed by atoms with Crippen LogP contribution in [0.25, 0.3) is 0 Å². The van der Waals surface area contributed by atoms with Gasteiger partial charge < -0.3 is 15.3 Å². The summed E-state index contributed by atoms with van der Waals surface area (Å²) in [7, 11) is 0. The van der Waals surface area contributed by atoms with Crippen LogP contribution in [0, 0.1) is 12.8 Å². The second-order valence-electron chi connectivity index (χ2n) is 6.34. The van der Waals surface area contributed by atoms with E-state index in [-0.39, 0.29) is 5.92 Å². The van der Waals surface area contributed by atoms with Gasteiger partial charge in [0, 0.05) is 24.7 Å². The van der Waals surface area contributed by atoms with Crippen LogP contribution in [0.2, 0.25) is 0 Å². The van der Waals surface area contributed by atoms with E-state index in [0.717, 1.165) is 24.8 Å². The summed E-state index contributed by atoms with van der Waals surface area (Å²) in [5.41, 5.74) is 2.98. The Hall–Kier alpha value is -1.88. The third kappa shape index (κ3) is 4.32. The zero-order chi connectivity index (χ0) is 17.0. The normalized spacial score (nSPS) is 19.3. The lowest BCUT2D eigenvalue weighted by Gasteiger charge is -2.33. The van der Waals surface area contributed by atoms with Crippen LogP contribution in [0.15, 0.2) is 18.2 Å². The summed E-state index contributed by atoms with van der Waals surface area (Å²) in [5.74, 6) is -1.08. The quantitative estimate of drug-likeness (QED) is 0.839. The van der Waals surface area contributed by atoms with Crippen LogP contribution in [-0.2, 0) is 16.0 Å². The number of aliphatic hydroxyl groups excluding tert-OH is 1. The minimum Gasteiger partial charge on any atom is -0.393 e. The van der Waals surface area contributed by atoms with Crippen LogP contribution >= 0.6 is 0 Å². The topological polar surface area (TPSA) is 69.6 Å². The Balaban J connectivity index is 2.01. The molecule has 2 amide bonds. The average Bonchev–Trinajstić information content (AvgIpc) is 2.55. The number of nitrogens with one attached hydrogen (secondary N) is 1. The van der Waals surface area contributed by atoms with E-state index >= 15 is 0 Å². The molecule has 1 aliphatic heterocycles. The van der Waals surface area contributed by atoms with Crippen molar-refractivity contribution in [3.63, 3.8) is 0 Å². The highest BCUT2D eigenvalue weighted by molar-refractivity contribution is 6.39. The second kappa shape index (κ2) is 7.59. The number of piperidine rings is 1. The molecule has 1 saturated heterocycles. The largest absolute Gasteiger partial charge is 0.393 e. The predicted molar refractivity (Wildman–Crippen MR) is 90.2 cm³/mol. The van der Waals surface area contributed by atoms with Gasteiger partial charge in [-0.15, -0.1) is 0 Å². The lowest BCUT2D eigenvalue weighted by Crippen LogP contribution is -2.47. The minimum atomic E-state index is -0.609. The van der Waals surface area contributed by atoms with Gasteiger partial charge in [0.1, 0.15) is 0 Å². The molecule has 5 heteroatoms. The van der Waals surface area contributed by atoms with E-state index in [1.165, 1.54) is 5.56 Å². The Kier molecular flexibility index (Phi) is 5.77. The molecule has 2 rings (SSSR count). The van der Waals surface area contributed by atoms with Gasteiger partial charge >= 0.3 is 11.8 Å². The molecule has 0 bridgehead atoms. The molecule has 1 aromatic rings. The van der Waals surface area contributed by atoms with E-state index in [4.69, 9.17) is 0 Å². The minimum absolute atomic E-state index is 0.0477. The number of aryl methyl sites for hydroxylation is 2. The van der Waals surface area contributed by atoms with Gasteiger partial charge in [-0.25, -0.2) is 0 Å². The molecular formula is C18H26N2O3. The number of anilines is 1. The summed E-state index contributed by atoms with van der Waals surface area (Å²) in [5, 5.41) is 12.4. The van der Waals surface area contributed by atoms with E-state index in [9.17, 15) is 14.7 Å². The molecule has 1 aliphatic rings. The molecule has 1 heterocycles. The van der Waals surface area contributed by atoms with Crippen molar-refractivity contribution < 1.29 is 14.7 Å². The number of amides is 2. The van der Waals surface area contributed by atoms with Gasteiger partial charge in [-0.2, -0.15) is 0 Å². The van der Waals surface area contributed by atoms with Crippen LogP contribution in [0.3, 0.4) is 0 Å². The smallest absolute Gasteiger partial charge is 0.313 e. The monoisotopic (exact) mass is 318 g/mol. The maximum atomic E-state index is 12.3. The lowest BCUT2D eigenvalue weighted by atomic mass is 9.93. The first kappa shape index (κ1) is 17.5. The standard InChI is InChI=1S/C18H26N2O3/c1-4-14-10-16(8-7-12(14)2)19-17(22)18(23)20-9-5-6-15(11-20)13(3)21/h7-8,10,13,15,21H,4-6,9,11H2,1-3H3,(H,19,22). The fourth-order valence-corrected chi connectivity index (χ4v) is 3.05. The summed E-state index contributed by atoms with van der Waals surface area (Å²) >= 11 is 0. The van der Waals surface area contributed by atoms with Gasteiger partial charge in [0.25, 0.3) is 0 Å². The Bertz CT molecular complexity index is 584.